The van der Waals surface area contributed by atoms with Gasteiger partial charge in [-0.3, -0.25) is 4.79 Å². The highest BCUT2D eigenvalue weighted by atomic mass is 32.1. The molecule has 1 N–H and O–H groups in total. The standard InChI is InChI=1S/C20H18FNO3S/c1-24-16-5-2-3-6-17(16)25-13-19(23)22-20(18-7-4-12-26-18)14-8-10-15(21)11-9-14/h2-12,20H,13H2,1H3,(H,22,23)/t20-/m1/s1. The Labute approximate surface area is 155 Å². The van der Waals surface area contributed by atoms with Crippen molar-refractivity contribution in [2.24, 2.45) is 0 Å². The molecule has 1 aromatic heterocycles. The van der Waals surface area contributed by atoms with Crippen molar-refractivity contribution in [3.8, 4) is 11.5 Å². The highest BCUT2D eigenvalue weighted by molar-refractivity contribution is 7.10. The summed E-state index contributed by atoms with van der Waals surface area (Å²) in [6.45, 7) is -0.149. The van der Waals surface area contributed by atoms with E-state index in [0.29, 0.717) is 11.5 Å². The molecule has 0 saturated heterocycles. The van der Waals surface area contributed by atoms with E-state index in [1.54, 1.807) is 31.4 Å². The Balaban J connectivity index is 1.70. The summed E-state index contributed by atoms with van der Waals surface area (Å²) < 4.78 is 24.0. The lowest BCUT2D eigenvalue weighted by molar-refractivity contribution is -0.123. The van der Waals surface area contributed by atoms with Crippen LogP contribution in [-0.4, -0.2) is 19.6 Å². The zero-order chi connectivity index (χ0) is 18.4. The normalized spacial score (nSPS) is 11.6. The van der Waals surface area contributed by atoms with Crippen LogP contribution in [0, 0.1) is 5.82 Å². The summed E-state index contributed by atoms with van der Waals surface area (Å²) in [5.74, 6) is 0.469. The second-order valence-corrected chi connectivity index (χ2v) is 6.49. The number of carbonyl (C=O) groups is 1. The van der Waals surface area contributed by atoms with Crippen molar-refractivity contribution in [1.29, 1.82) is 0 Å². The number of methoxy groups -OCH3 is 1. The first-order chi connectivity index (χ1) is 12.7. The molecule has 26 heavy (non-hydrogen) atoms. The van der Waals surface area contributed by atoms with Crippen LogP contribution in [0.15, 0.2) is 66.0 Å². The van der Waals surface area contributed by atoms with E-state index in [9.17, 15) is 9.18 Å². The maximum absolute atomic E-state index is 13.2. The molecule has 0 fully saturated rings. The summed E-state index contributed by atoms with van der Waals surface area (Å²) in [5.41, 5.74) is 0.805. The number of para-hydroxylation sites is 2. The maximum Gasteiger partial charge on any atom is 0.258 e. The molecule has 1 atom stereocenters. The summed E-state index contributed by atoms with van der Waals surface area (Å²) in [7, 11) is 1.55. The highest BCUT2D eigenvalue weighted by Crippen LogP contribution is 2.27. The lowest BCUT2D eigenvalue weighted by Crippen LogP contribution is -2.33. The van der Waals surface area contributed by atoms with Gasteiger partial charge in [0, 0.05) is 4.88 Å². The average Bonchev–Trinajstić information content (AvgIpc) is 3.20. The summed E-state index contributed by atoms with van der Waals surface area (Å²) in [6.07, 6.45) is 0. The number of rotatable bonds is 7. The lowest BCUT2D eigenvalue weighted by atomic mass is 10.1. The molecule has 0 saturated carbocycles. The molecule has 3 rings (SSSR count). The van der Waals surface area contributed by atoms with E-state index in [4.69, 9.17) is 9.47 Å². The van der Waals surface area contributed by atoms with Crippen LogP contribution in [-0.2, 0) is 4.79 Å². The summed E-state index contributed by atoms with van der Waals surface area (Å²) >= 11 is 1.52. The number of nitrogens with one attached hydrogen (secondary N) is 1. The number of ether oxygens (including phenoxy) is 2. The van der Waals surface area contributed by atoms with Crippen LogP contribution in [0.4, 0.5) is 4.39 Å². The average molecular weight is 371 g/mol. The molecule has 134 valence electrons. The molecular formula is C20H18FNO3S. The van der Waals surface area contributed by atoms with Crippen molar-refractivity contribution in [3.63, 3.8) is 0 Å². The molecule has 2 aromatic carbocycles. The van der Waals surface area contributed by atoms with Crippen molar-refractivity contribution in [3.05, 3.63) is 82.3 Å². The molecule has 0 spiro atoms. The second-order valence-electron chi connectivity index (χ2n) is 5.51. The SMILES string of the molecule is COc1ccccc1OCC(=O)N[C@H](c1ccc(F)cc1)c1cccs1. The fraction of sp³-hybridized carbons (Fsp3) is 0.150. The van der Waals surface area contributed by atoms with E-state index in [1.165, 1.54) is 23.5 Å². The Morgan fingerprint density at radius 2 is 1.81 bits per heavy atom. The van der Waals surface area contributed by atoms with Crippen molar-refractivity contribution in [2.45, 2.75) is 6.04 Å². The highest BCUT2D eigenvalue weighted by Gasteiger charge is 2.18. The van der Waals surface area contributed by atoms with Gasteiger partial charge in [0.05, 0.1) is 13.2 Å². The van der Waals surface area contributed by atoms with Gasteiger partial charge in [-0.15, -0.1) is 11.3 Å². The number of benzene rings is 2. The molecule has 1 heterocycles. The number of carbonyl (C=O) groups excluding carboxylic acids is 1. The van der Waals surface area contributed by atoms with Crippen LogP contribution in [0.3, 0.4) is 0 Å². The van der Waals surface area contributed by atoms with Crippen molar-refractivity contribution < 1.29 is 18.7 Å². The zero-order valence-corrected chi connectivity index (χ0v) is 15.0. The van der Waals surface area contributed by atoms with E-state index in [2.05, 4.69) is 5.32 Å². The Morgan fingerprint density at radius 1 is 1.08 bits per heavy atom. The monoisotopic (exact) mass is 371 g/mol. The van der Waals surface area contributed by atoms with Crippen LogP contribution in [0.2, 0.25) is 0 Å². The molecule has 0 aliphatic rings. The van der Waals surface area contributed by atoms with Gasteiger partial charge in [0.15, 0.2) is 18.1 Å². The molecule has 1 amide bonds. The zero-order valence-electron chi connectivity index (χ0n) is 14.1. The minimum Gasteiger partial charge on any atom is -0.493 e. The van der Waals surface area contributed by atoms with E-state index in [1.807, 2.05) is 29.6 Å². The van der Waals surface area contributed by atoms with Crippen molar-refractivity contribution >= 4 is 17.2 Å². The third kappa shape index (κ3) is 4.40. The maximum atomic E-state index is 13.2. The van der Waals surface area contributed by atoms with E-state index >= 15 is 0 Å². The third-order valence-electron chi connectivity index (χ3n) is 3.76. The van der Waals surface area contributed by atoms with Gasteiger partial charge >= 0.3 is 0 Å². The molecule has 4 nitrogen and oxygen atoms in total. The van der Waals surface area contributed by atoms with E-state index in [0.717, 1.165) is 10.4 Å². The summed E-state index contributed by atoms with van der Waals surface area (Å²) in [4.78, 5) is 13.4. The van der Waals surface area contributed by atoms with Crippen LogP contribution in [0.25, 0.3) is 0 Å². The Hall–Kier alpha value is -2.86. The molecular weight excluding hydrogens is 353 g/mol. The summed E-state index contributed by atoms with van der Waals surface area (Å²) in [6, 6.07) is 16.7. The lowest BCUT2D eigenvalue weighted by Gasteiger charge is -2.18. The molecule has 0 unspecified atom stereocenters. The van der Waals surface area contributed by atoms with E-state index < -0.39 is 0 Å². The second kappa shape index (κ2) is 8.49. The molecule has 6 heteroatoms. The first-order valence-corrected chi connectivity index (χ1v) is 8.89. The fourth-order valence-corrected chi connectivity index (χ4v) is 3.32. The molecule has 3 aromatic rings. The predicted molar refractivity (Wildman–Crippen MR) is 99.2 cm³/mol. The Kier molecular flexibility index (Phi) is 5.86. The van der Waals surface area contributed by atoms with Crippen LogP contribution in [0.1, 0.15) is 16.5 Å². The van der Waals surface area contributed by atoms with Gasteiger partial charge in [-0.05, 0) is 41.3 Å². The minimum absolute atomic E-state index is 0.149. The molecule has 0 radical (unpaired) electrons. The van der Waals surface area contributed by atoms with Crippen LogP contribution >= 0.6 is 11.3 Å². The largest absolute Gasteiger partial charge is 0.493 e. The van der Waals surface area contributed by atoms with Gasteiger partial charge in [-0.1, -0.05) is 30.3 Å². The Morgan fingerprint density at radius 3 is 2.46 bits per heavy atom. The quantitative estimate of drug-likeness (QED) is 0.678. The topological polar surface area (TPSA) is 47.6 Å². The van der Waals surface area contributed by atoms with Gasteiger partial charge in [0.1, 0.15) is 5.82 Å². The fourth-order valence-electron chi connectivity index (χ4n) is 2.51. The predicted octanol–water partition coefficient (Wildman–Crippen LogP) is 4.18. The summed E-state index contributed by atoms with van der Waals surface area (Å²) in [5, 5.41) is 4.88. The first kappa shape index (κ1) is 17.9. The van der Waals surface area contributed by atoms with Crippen molar-refractivity contribution in [1.82, 2.24) is 5.32 Å². The van der Waals surface area contributed by atoms with E-state index in [-0.39, 0.29) is 24.4 Å². The third-order valence-corrected chi connectivity index (χ3v) is 4.70. The minimum atomic E-state index is -0.357. The van der Waals surface area contributed by atoms with Crippen molar-refractivity contribution in [2.75, 3.05) is 13.7 Å². The number of halogens is 1. The van der Waals surface area contributed by atoms with Gasteiger partial charge in [0.25, 0.3) is 5.91 Å². The van der Waals surface area contributed by atoms with Gasteiger partial charge < -0.3 is 14.8 Å². The van der Waals surface area contributed by atoms with Gasteiger partial charge in [0.2, 0.25) is 0 Å². The first-order valence-electron chi connectivity index (χ1n) is 8.01. The molecule has 0 aliphatic heterocycles. The molecule has 0 aliphatic carbocycles. The van der Waals surface area contributed by atoms with Crippen LogP contribution < -0.4 is 14.8 Å². The smallest absolute Gasteiger partial charge is 0.258 e. The Bertz CT molecular complexity index is 850. The number of hydrogen-bond acceptors (Lipinski definition) is 4. The number of amides is 1. The number of thiophene rings is 1. The van der Waals surface area contributed by atoms with Gasteiger partial charge in [-0.2, -0.15) is 0 Å². The van der Waals surface area contributed by atoms with Gasteiger partial charge in [-0.25, -0.2) is 4.39 Å². The van der Waals surface area contributed by atoms with Crippen LogP contribution in [0.5, 0.6) is 11.5 Å². The molecule has 0 bridgehead atoms. The number of hydrogen-bond donors (Lipinski definition) is 1.